The van der Waals surface area contributed by atoms with Crippen LogP contribution >= 0.6 is 0 Å². The molecule has 29 heavy (non-hydrogen) atoms. The van der Waals surface area contributed by atoms with E-state index in [0.29, 0.717) is 59.7 Å². The van der Waals surface area contributed by atoms with Crippen LogP contribution in [-0.2, 0) is 19.5 Å². The van der Waals surface area contributed by atoms with Crippen molar-refractivity contribution in [2.24, 2.45) is 0 Å². The molecule has 1 aliphatic heterocycles. The molecule has 0 unspecified atom stereocenters. The van der Waals surface area contributed by atoms with Gasteiger partial charge in [-0.15, -0.1) is 0 Å². The fourth-order valence-electron chi connectivity index (χ4n) is 3.71. The normalized spacial score (nSPS) is 14.1. The minimum atomic E-state index is -0.161. The largest absolute Gasteiger partial charge is 0.464 e. The molecule has 0 aliphatic carbocycles. The van der Waals surface area contributed by atoms with Gasteiger partial charge in [-0.3, -0.25) is 19.5 Å². The first-order valence-corrected chi connectivity index (χ1v) is 9.44. The maximum absolute atomic E-state index is 12.7. The lowest BCUT2D eigenvalue weighted by Gasteiger charge is -2.27. The molecular weight excluding hydrogens is 368 g/mol. The van der Waals surface area contributed by atoms with Crippen LogP contribution in [0.2, 0.25) is 0 Å². The zero-order chi connectivity index (χ0) is 19.8. The van der Waals surface area contributed by atoms with E-state index in [1.54, 1.807) is 18.3 Å². The zero-order valence-corrected chi connectivity index (χ0v) is 15.6. The molecule has 1 aliphatic rings. The molecule has 7 heteroatoms. The Morgan fingerprint density at radius 3 is 2.83 bits per heavy atom. The van der Waals surface area contributed by atoms with Gasteiger partial charge < -0.3 is 9.40 Å². The Labute approximate surface area is 165 Å². The van der Waals surface area contributed by atoms with E-state index in [0.717, 1.165) is 5.69 Å². The number of fused-ring (bicyclic) bond motifs is 2. The molecule has 0 saturated carbocycles. The summed E-state index contributed by atoms with van der Waals surface area (Å²) in [5.74, 6) is 0.484. The molecule has 0 bridgehead atoms. The number of benzene rings is 1. The molecule has 0 atom stereocenters. The molecule has 4 heterocycles. The number of hydrogen-bond acceptors (Lipinski definition) is 6. The number of pyridine rings is 1. The van der Waals surface area contributed by atoms with Crippen LogP contribution in [0.25, 0.3) is 22.5 Å². The molecule has 5 rings (SSSR count). The summed E-state index contributed by atoms with van der Waals surface area (Å²) >= 11 is 0. The molecule has 1 N–H and O–H groups in total. The van der Waals surface area contributed by atoms with Gasteiger partial charge in [-0.1, -0.05) is 18.2 Å². The van der Waals surface area contributed by atoms with Gasteiger partial charge in [-0.25, -0.2) is 4.98 Å². The lowest BCUT2D eigenvalue weighted by molar-refractivity contribution is 0.239. The van der Waals surface area contributed by atoms with E-state index >= 15 is 0 Å². The molecule has 1 aromatic carbocycles. The average molecular weight is 386 g/mol. The Morgan fingerprint density at radius 1 is 1.10 bits per heavy atom. The van der Waals surface area contributed by atoms with E-state index < -0.39 is 0 Å². The Balaban J connectivity index is 1.43. The molecule has 7 nitrogen and oxygen atoms in total. The Kier molecular flexibility index (Phi) is 4.29. The van der Waals surface area contributed by atoms with E-state index in [1.807, 2.05) is 30.3 Å². The lowest BCUT2D eigenvalue weighted by Crippen LogP contribution is -2.36. The minimum absolute atomic E-state index is 0.0322. The quantitative estimate of drug-likeness (QED) is 0.582. The highest BCUT2D eigenvalue weighted by Crippen LogP contribution is 2.19. The van der Waals surface area contributed by atoms with Crippen molar-refractivity contribution in [2.75, 3.05) is 6.54 Å². The second kappa shape index (κ2) is 7.10. The first kappa shape index (κ1) is 17.5. The van der Waals surface area contributed by atoms with Crippen LogP contribution in [0, 0.1) is 0 Å². The number of aromatic amines is 1. The van der Waals surface area contributed by atoms with Gasteiger partial charge in [0, 0.05) is 37.8 Å². The molecule has 0 saturated heterocycles. The van der Waals surface area contributed by atoms with Crippen LogP contribution < -0.4 is 11.0 Å². The summed E-state index contributed by atoms with van der Waals surface area (Å²) in [6.07, 6.45) is 3.83. The Bertz CT molecular complexity index is 1310. The first-order valence-electron chi connectivity index (χ1n) is 9.44. The average Bonchev–Trinajstić information content (AvgIpc) is 2.77. The van der Waals surface area contributed by atoms with Gasteiger partial charge in [0.1, 0.15) is 11.3 Å². The summed E-state index contributed by atoms with van der Waals surface area (Å²) in [7, 11) is 0. The summed E-state index contributed by atoms with van der Waals surface area (Å²) in [5.41, 5.74) is 3.04. The van der Waals surface area contributed by atoms with Gasteiger partial charge in [0.25, 0.3) is 5.56 Å². The van der Waals surface area contributed by atoms with Crippen molar-refractivity contribution in [3.8, 4) is 11.5 Å². The van der Waals surface area contributed by atoms with Crippen molar-refractivity contribution >= 4 is 11.0 Å². The van der Waals surface area contributed by atoms with Crippen LogP contribution in [0.15, 0.2) is 68.9 Å². The maximum atomic E-state index is 12.7. The predicted octanol–water partition coefficient (Wildman–Crippen LogP) is 2.50. The van der Waals surface area contributed by atoms with Gasteiger partial charge in [0.15, 0.2) is 11.3 Å². The monoisotopic (exact) mass is 386 g/mol. The van der Waals surface area contributed by atoms with Crippen molar-refractivity contribution < 1.29 is 4.42 Å². The topological polar surface area (TPSA) is 92.1 Å². The summed E-state index contributed by atoms with van der Waals surface area (Å²) in [6.45, 7) is 1.57. The van der Waals surface area contributed by atoms with E-state index in [-0.39, 0.29) is 11.0 Å². The number of H-pyrrole nitrogens is 1. The summed E-state index contributed by atoms with van der Waals surface area (Å²) in [4.78, 5) is 39.2. The highest BCUT2D eigenvalue weighted by Gasteiger charge is 2.23. The SMILES string of the molecule is O=c1[nH]c(-c2ccccn2)nc2c1CN(Cc1coc3ccccc3c1=O)CC2. The number of nitrogens with zero attached hydrogens (tertiary/aromatic N) is 3. The van der Waals surface area contributed by atoms with Crippen LogP contribution in [0.4, 0.5) is 0 Å². The van der Waals surface area contributed by atoms with Gasteiger partial charge in [-0.05, 0) is 24.3 Å². The van der Waals surface area contributed by atoms with Crippen molar-refractivity contribution in [3.05, 3.63) is 92.3 Å². The first-order chi connectivity index (χ1) is 14.2. The van der Waals surface area contributed by atoms with Crippen LogP contribution in [0.5, 0.6) is 0 Å². The molecule has 0 amide bonds. The Hall–Kier alpha value is -3.58. The van der Waals surface area contributed by atoms with Gasteiger partial charge in [0.2, 0.25) is 0 Å². The molecule has 3 aromatic heterocycles. The molecule has 4 aromatic rings. The molecule has 0 radical (unpaired) electrons. The number of aromatic nitrogens is 3. The third-order valence-corrected chi connectivity index (χ3v) is 5.20. The smallest absolute Gasteiger partial charge is 0.255 e. The van der Waals surface area contributed by atoms with Gasteiger partial charge in [0.05, 0.1) is 22.9 Å². The second-order valence-corrected chi connectivity index (χ2v) is 7.10. The number of nitrogens with one attached hydrogen (secondary N) is 1. The third-order valence-electron chi connectivity index (χ3n) is 5.20. The van der Waals surface area contributed by atoms with E-state index in [9.17, 15) is 9.59 Å². The van der Waals surface area contributed by atoms with Crippen molar-refractivity contribution in [1.82, 2.24) is 19.9 Å². The second-order valence-electron chi connectivity index (χ2n) is 7.10. The number of para-hydroxylation sites is 1. The fraction of sp³-hybridized carbons (Fsp3) is 0.182. The van der Waals surface area contributed by atoms with E-state index in [2.05, 4.69) is 19.9 Å². The predicted molar refractivity (Wildman–Crippen MR) is 108 cm³/mol. The van der Waals surface area contributed by atoms with E-state index in [1.165, 1.54) is 6.26 Å². The fourth-order valence-corrected chi connectivity index (χ4v) is 3.71. The molecular formula is C22H18N4O3. The van der Waals surface area contributed by atoms with Crippen LogP contribution in [0.3, 0.4) is 0 Å². The number of rotatable bonds is 3. The highest BCUT2D eigenvalue weighted by atomic mass is 16.3. The molecule has 0 spiro atoms. The van der Waals surface area contributed by atoms with Crippen LogP contribution in [0.1, 0.15) is 16.8 Å². The minimum Gasteiger partial charge on any atom is -0.464 e. The van der Waals surface area contributed by atoms with Crippen molar-refractivity contribution in [3.63, 3.8) is 0 Å². The van der Waals surface area contributed by atoms with Crippen molar-refractivity contribution in [1.29, 1.82) is 0 Å². The summed E-state index contributed by atoms with van der Waals surface area (Å²) in [5, 5.41) is 0.571. The van der Waals surface area contributed by atoms with Crippen LogP contribution in [-0.4, -0.2) is 26.4 Å². The lowest BCUT2D eigenvalue weighted by atomic mass is 10.1. The third kappa shape index (κ3) is 3.25. The Morgan fingerprint density at radius 2 is 1.97 bits per heavy atom. The standard InChI is InChI=1S/C22H18N4O3/c27-20-14(13-29-19-7-2-1-5-15(19)20)11-26-10-8-17-16(12-26)22(28)25-21(24-17)18-6-3-4-9-23-18/h1-7,9,13H,8,10-12H2,(H,24,25,28). The maximum Gasteiger partial charge on any atom is 0.255 e. The summed E-state index contributed by atoms with van der Waals surface area (Å²) < 4.78 is 5.61. The summed E-state index contributed by atoms with van der Waals surface area (Å²) in [6, 6.07) is 12.7. The molecule has 0 fully saturated rings. The van der Waals surface area contributed by atoms with Gasteiger partial charge >= 0.3 is 0 Å². The molecule has 144 valence electrons. The highest BCUT2D eigenvalue weighted by molar-refractivity contribution is 5.76. The zero-order valence-electron chi connectivity index (χ0n) is 15.6. The van der Waals surface area contributed by atoms with Crippen molar-refractivity contribution in [2.45, 2.75) is 19.5 Å². The van der Waals surface area contributed by atoms with E-state index in [4.69, 9.17) is 4.42 Å². The number of hydrogen-bond donors (Lipinski definition) is 1. The van der Waals surface area contributed by atoms with Gasteiger partial charge in [-0.2, -0.15) is 0 Å².